The largest absolute Gasteiger partial charge is 0.493 e. The summed E-state index contributed by atoms with van der Waals surface area (Å²) in [4.78, 5) is 11.2. The van der Waals surface area contributed by atoms with E-state index in [4.69, 9.17) is 44.9 Å². The summed E-state index contributed by atoms with van der Waals surface area (Å²) >= 11 is 17.5. The van der Waals surface area contributed by atoms with Gasteiger partial charge in [0.05, 0.1) is 18.3 Å². The molecule has 2 aromatic carbocycles. The van der Waals surface area contributed by atoms with Crippen LogP contribution in [-0.4, -0.2) is 34.2 Å². The number of hydrogen-bond acceptors (Lipinski definition) is 6. The number of nitrogens with one attached hydrogen (secondary N) is 1. The van der Waals surface area contributed by atoms with Gasteiger partial charge in [-0.15, -0.1) is 0 Å². The Balaban J connectivity index is 1.96. The Morgan fingerprint density at radius 2 is 2.04 bits per heavy atom. The molecule has 0 bridgehead atoms. The van der Waals surface area contributed by atoms with Crippen molar-refractivity contribution in [2.24, 2.45) is 5.10 Å². The number of carbonyl (C=O) groups is 1. The molecule has 0 unspecified atom stereocenters. The third-order valence-electron chi connectivity index (χ3n) is 3.59. The molecular weight excluding hydrogens is 423 g/mol. The van der Waals surface area contributed by atoms with Crippen LogP contribution in [0.25, 0.3) is 11.4 Å². The number of H-pyrrole nitrogens is 1. The van der Waals surface area contributed by atoms with Crippen LogP contribution >= 0.6 is 35.4 Å². The number of ether oxygens (including phenoxy) is 2. The molecule has 7 nitrogen and oxygen atoms in total. The number of rotatable bonds is 5. The van der Waals surface area contributed by atoms with E-state index in [2.05, 4.69) is 15.3 Å². The average molecular weight is 437 g/mol. The Labute approximate surface area is 175 Å². The number of hydrogen-bond donors (Lipinski definition) is 1. The van der Waals surface area contributed by atoms with Gasteiger partial charge >= 0.3 is 5.97 Å². The maximum absolute atomic E-state index is 11.2. The molecule has 0 fully saturated rings. The highest BCUT2D eigenvalue weighted by Crippen LogP contribution is 2.30. The predicted octanol–water partition coefficient (Wildman–Crippen LogP) is 4.73. The van der Waals surface area contributed by atoms with Crippen molar-refractivity contribution in [1.29, 1.82) is 0 Å². The van der Waals surface area contributed by atoms with E-state index in [1.807, 2.05) is 0 Å². The highest BCUT2D eigenvalue weighted by atomic mass is 35.5. The third-order valence-corrected chi connectivity index (χ3v) is 4.40. The van der Waals surface area contributed by atoms with E-state index in [-0.39, 0.29) is 0 Å². The fourth-order valence-corrected chi connectivity index (χ4v) is 3.04. The zero-order valence-electron chi connectivity index (χ0n) is 14.8. The fourth-order valence-electron chi connectivity index (χ4n) is 2.37. The number of halogens is 2. The summed E-state index contributed by atoms with van der Waals surface area (Å²) in [6.07, 6.45) is 1.57. The summed E-state index contributed by atoms with van der Waals surface area (Å²) in [6.45, 7) is 1.32. The predicted molar refractivity (Wildman–Crippen MR) is 110 cm³/mol. The van der Waals surface area contributed by atoms with E-state index in [1.54, 1.807) is 42.6 Å². The van der Waals surface area contributed by atoms with Gasteiger partial charge in [0.1, 0.15) is 0 Å². The first-order valence-electron chi connectivity index (χ1n) is 7.92. The van der Waals surface area contributed by atoms with Crippen LogP contribution in [0, 0.1) is 4.77 Å². The second kappa shape index (κ2) is 8.55. The minimum atomic E-state index is -0.436. The Morgan fingerprint density at radius 3 is 2.71 bits per heavy atom. The van der Waals surface area contributed by atoms with E-state index in [1.165, 1.54) is 18.7 Å². The second-order valence-electron chi connectivity index (χ2n) is 5.54. The van der Waals surface area contributed by atoms with Gasteiger partial charge in [-0.25, -0.2) is 5.10 Å². The highest BCUT2D eigenvalue weighted by Gasteiger charge is 2.13. The number of esters is 1. The molecule has 0 aliphatic rings. The molecule has 0 spiro atoms. The summed E-state index contributed by atoms with van der Waals surface area (Å²) in [7, 11) is 1.48. The van der Waals surface area contributed by atoms with Gasteiger partial charge in [0.25, 0.3) is 0 Å². The van der Waals surface area contributed by atoms with Crippen LogP contribution in [0.5, 0.6) is 11.5 Å². The van der Waals surface area contributed by atoms with Crippen molar-refractivity contribution in [1.82, 2.24) is 14.9 Å². The van der Waals surface area contributed by atoms with Crippen molar-refractivity contribution >= 4 is 47.6 Å². The standard InChI is InChI=1S/C18H14Cl2N4O3S/c1-10(25)27-15-6-3-11(7-16(15)26-2)9-21-24-17(22-23-18(24)28)13-5-4-12(19)8-14(13)20/h3-9H,1-2H3,(H,23,28)/b21-9+. The summed E-state index contributed by atoms with van der Waals surface area (Å²) in [5.74, 6) is 0.719. The molecule has 0 radical (unpaired) electrons. The number of aromatic nitrogens is 3. The SMILES string of the molecule is COc1cc(/C=N/n2c(-c3ccc(Cl)cc3Cl)n[nH]c2=S)ccc1OC(C)=O. The van der Waals surface area contributed by atoms with Gasteiger partial charge in [-0.2, -0.15) is 14.9 Å². The smallest absolute Gasteiger partial charge is 0.308 e. The molecule has 0 saturated heterocycles. The molecule has 1 aromatic heterocycles. The molecule has 0 aliphatic carbocycles. The number of benzene rings is 2. The van der Waals surface area contributed by atoms with Crippen LogP contribution in [0.1, 0.15) is 12.5 Å². The van der Waals surface area contributed by atoms with E-state index in [0.717, 1.165) is 0 Å². The van der Waals surface area contributed by atoms with Gasteiger partial charge in [-0.3, -0.25) is 4.79 Å². The van der Waals surface area contributed by atoms with Gasteiger partial charge in [0.2, 0.25) is 4.77 Å². The Kier molecular flexibility index (Phi) is 6.13. The lowest BCUT2D eigenvalue weighted by Crippen LogP contribution is -2.03. The van der Waals surface area contributed by atoms with Gasteiger partial charge in [0, 0.05) is 17.5 Å². The second-order valence-corrected chi connectivity index (χ2v) is 6.77. The summed E-state index contributed by atoms with van der Waals surface area (Å²) in [5.41, 5.74) is 1.32. The van der Waals surface area contributed by atoms with E-state index in [9.17, 15) is 4.79 Å². The van der Waals surface area contributed by atoms with E-state index >= 15 is 0 Å². The van der Waals surface area contributed by atoms with E-state index < -0.39 is 5.97 Å². The Bertz CT molecular complexity index is 1120. The molecule has 0 saturated carbocycles. The Morgan fingerprint density at radius 1 is 1.25 bits per heavy atom. The quantitative estimate of drug-likeness (QED) is 0.270. The molecule has 3 rings (SSSR count). The minimum absolute atomic E-state index is 0.292. The lowest BCUT2D eigenvalue weighted by Gasteiger charge is -2.08. The van der Waals surface area contributed by atoms with Crippen molar-refractivity contribution in [2.75, 3.05) is 7.11 Å². The summed E-state index contributed by atoms with van der Waals surface area (Å²) in [6, 6.07) is 10.1. The first-order valence-corrected chi connectivity index (χ1v) is 9.09. The zero-order valence-corrected chi connectivity index (χ0v) is 17.1. The fraction of sp³-hybridized carbons (Fsp3) is 0.111. The lowest BCUT2D eigenvalue weighted by atomic mass is 10.2. The van der Waals surface area contributed by atoms with Crippen LogP contribution in [-0.2, 0) is 4.79 Å². The van der Waals surface area contributed by atoms with Crippen LogP contribution in [0.2, 0.25) is 10.0 Å². The average Bonchev–Trinajstić information content (AvgIpc) is 3.01. The van der Waals surface area contributed by atoms with Crippen LogP contribution in [0.15, 0.2) is 41.5 Å². The van der Waals surface area contributed by atoms with Crippen LogP contribution < -0.4 is 9.47 Å². The van der Waals surface area contributed by atoms with Crippen LogP contribution in [0.3, 0.4) is 0 Å². The maximum atomic E-state index is 11.2. The number of nitrogens with zero attached hydrogens (tertiary/aromatic N) is 3. The molecule has 1 N–H and O–H groups in total. The van der Waals surface area contributed by atoms with Gasteiger partial charge in [0.15, 0.2) is 17.3 Å². The van der Waals surface area contributed by atoms with Gasteiger partial charge < -0.3 is 9.47 Å². The van der Waals surface area contributed by atoms with Crippen molar-refractivity contribution < 1.29 is 14.3 Å². The molecule has 144 valence electrons. The molecule has 0 aliphatic heterocycles. The molecular formula is C18H14Cl2N4O3S. The molecule has 0 atom stereocenters. The normalized spacial score (nSPS) is 11.0. The van der Waals surface area contributed by atoms with Crippen molar-refractivity contribution in [3.63, 3.8) is 0 Å². The van der Waals surface area contributed by atoms with Gasteiger partial charge in [-0.05, 0) is 54.2 Å². The van der Waals surface area contributed by atoms with Crippen molar-refractivity contribution in [3.8, 4) is 22.9 Å². The first-order chi connectivity index (χ1) is 13.4. The monoisotopic (exact) mass is 436 g/mol. The van der Waals surface area contributed by atoms with Gasteiger partial charge in [-0.1, -0.05) is 23.2 Å². The molecule has 10 heteroatoms. The topological polar surface area (TPSA) is 81.5 Å². The maximum Gasteiger partial charge on any atom is 0.308 e. The highest BCUT2D eigenvalue weighted by molar-refractivity contribution is 7.71. The summed E-state index contributed by atoms with van der Waals surface area (Å²) < 4.78 is 12.1. The summed E-state index contributed by atoms with van der Waals surface area (Å²) in [5, 5.41) is 12.2. The van der Waals surface area contributed by atoms with Crippen molar-refractivity contribution in [2.45, 2.75) is 6.92 Å². The minimum Gasteiger partial charge on any atom is -0.493 e. The molecule has 1 heterocycles. The lowest BCUT2D eigenvalue weighted by molar-refractivity contribution is -0.132. The first kappa shape index (κ1) is 20.1. The molecule has 3 aromatic rings. The molecule has 0 amide bonds. The van der Waals surface area contributed by atoms with E-state index in [0.29, 0.717) is 43.3 Å². The Hall–Kier alpha value is -2.68. The third kappa shape index (κ3) is 4.41. The van der Waals surface area contributed by atoms with Crippen molar-refractivity contribution in [3.05, 3.63) is 56.8 Å². The number of carbonyl (C=O) groups excluding carboxylic acids is 1. The number of methoxy groups -OCH3 is 1. The van der Waals surface area contributed by atoms with Crippen LogP contribution in [0.4, 0.5) is 0 Å². The number of aromatic amines is 1. The zero-order chi connectivity index (χ0) is 20.3. The molecule has 28 heavy (non-hydrogen) atoms.